The maximum atomic E-state index is 11.9. The number of carbonyl (C=O) groups excluding carboxylic acids is 1. The Balaban J connectivity index is 2.24. The van der Waals surface area contributed by atoms with Gasteiger partial charge in [-0.3, -0.25) is 4.79 Å². The maximum Gasteiger partial charge on any atom is 0.174 e. The first kappa shape index (κ1) is 16.2. The Hall–Kier alpha value is -1.17. The van der Waals surface area contributed by atoms with Crippen LogP contribution in [0.3, 0.4) is 0 Å². The van der Waals surface area contributed by atoms with Gasteiger partial charge in [-0.15, -0.1) is 23.1 Å². The lowest BCUT2D eigenvalue weighted by molar-refractivity contribution is 0.0992. The Bertz CT molecular complexity index is 655. The highest BCUT2D eigenvalue weighted by Crippen LogP contribution is 2.42. The van der Waals surface area contributed by atoms with Crippen LogP contribution in [0.2, 0.25) is 5.02 Å². The van der Waals surface area contributed by atoms with E-state index in [-0.39, 0.29) is 5.78 Å². The summed E-state index contributed by atoms with van der Waals surface area (Å²) in [4.78, 5) is 13.5. The van der Waals surface area contributed by atoms with Gasteiger partial charge in [0.1, 0.15) is 5.00 Å². The van der Waals surface area contributed by atoms with Crippen LogP contribution >= 0.6 is 34.7 Å². The number of thiophene rings is 1. The van der Waals surface area contributed by atoms with Crippen molar-refractivity contribution in [3.63, 3.8) is 0 Å². The van der Waals surface area contributed by atoms with Gasteiger partial charge in [0.25, 0.3) is 0 Å². The summed E-state index contributed by atoms with van der Waals surface area (Å²) < 4.78 is 0. The molecule has 112 valence electrons. The van der Waals surface area contributed by atoms with Crippen LogP contribution in [-0.4, -0.2) is 12.0 Å². The van der Waals surface area contributed by atoms with Crippen molar-refractivity contribution >= 4 is 51.2 Å². The van der Waals surface area contributed by atoms with Gasteiger partial charge in [0, 0.05) is 18.0 Å². The minimum atomic E-state index is 0.0820. The molecule has 0 amide bonds. The maximum absolute atomic E-state index is 11.9. The summed E-state index contributed by atoms with van der Waals surface area (Å²) in [6, 6.07) is 7.69. The van der Waals surface area contributed by atoms with E-state index in [1.807, 2.05) is 37.4 Å². The minimum Gasteiger partial charge on any atom is -0.396 e. The number of nitrogens with two attached hydrogens (primary N) is 1. The lowest BCUT2D eigenvalue weighted by atomic mass is 10.2. The van der Waals surface area contributed by atoms with Gasteiger partial charge < -0.3 is 11.1 Å². The Morgan fingerprint density at radius 1 is 1.43 bits per heavy atom. The molecule has 2 rings (SSSR count). The van der Waals surface area contributed by atoms with E-state index in [0.29, 0.717) is 23.5 Å². The van der Waals surface area contributed by atoms with E-state index in [0.717, 1.165) is 20.5 Å². The van der Waals surface area contributed by atoms with Gasteiger partial charge >= 0.3 is 0 Å². The average molecular weight is 341 g/mol. The number of nitrogens with one attached hydrogen (secondary N) is 1. The zero-order valence-corrected chi connectivity index (χ0v) is 14.3. The molecule has 0 aliphatic carbocycles. The molecule has 0 saturated heterocycles. The Morgan fingerprint density at radius 3 is 2.76 bits per heavy atom. The Labute approximate surface area is 137 Å². The molecule has 1 heterocycles. The summed E-state index contributed by atoms with van der Waals surface area (Å²) in [7, 11) is 0. The lowest BCUT2D eigenvalue weighted by Gasteiger charge is -2.07. The Morgan fingerprint density at radius 2 is 2.14 bits per heavy atom. The highest BCUT2D eigenvalue weighted by Gasteiger charge is 2.19. The van der Waals surface area contributed by atoms with Crippen molar-refractivity contribution in [2.75, 3.05) is 17.3 Å². The molecular weight excluding hydrogens is 324 g/mol. The molecule has 0 fully saturated rings. The fourth-order valence-corrected chi connectivity index (χ4v) is 4.18. The van der Waals surface area contributed by atoms with Crippen molar-refractivity contribution in [1.29, 1.82) is 0 Å². The monoisotopic (exact) mass is 340 g/mol. The van der Waals surface area contributed by atoms with Crippen LogP contribution in [0.5, 0.6) is 0 Å². The van der Waals surface area contributed by atoms with Gasteiger partial charge in [-0.05, 0) is 17.9 Å². The molecule has 6 heteroatoms. The van der Waals surface area contributed by atoms with Gasteiger partial charge in [0.15, 0.2) is 5.78 Å². The quantitative estimate of drug-likeness (QED) is 0.579. The number of carbonyl (C=O) groups is 1. The predicted molar refractivity (Wildman–Crippen MR) is 93.9 cm³/mol. The van der Waals surface area contributed by atoms with Crippen LogP contribution in [0.25, 0.3) is 0 Å². The van der Waals surface area contributed by atoms with E-state index in [2.05, 4.69) is 5.32 Å². The van der Waals surface area contributed by atoms with Crippen LogP contribution in [0, 0.1) is 0 Å². The standard InChI is InChI=1S/C15H17ClN2OS2/c1-3-11(19)13-12(17)14(20-2)15(21-13)18-8-9-6-4-5-7-10(9)16/h4-7,18H,3,8,17H2,1-2H3. The van der Waals surface area contributed by atoms with Crippen LogP contribution in [0.15, 0.2) is 29.2 Å². The predicted octanol–water partition coefficient (Wildman–Crippen LogP) is 4.91. The molecule has 2 aromatic rings. The van der Waals surface area contributed by atoms with E-state index in [1.165, 1.54) is 11.3 Å². The number of ketones is 1. The third-order valence-electron chi connectivity index (χ3n) is 3.08. The van der Waals surface area contributed by atoms with E-state index >= 15 is 0 Å². The molecule has 0 unspecified atom stereocenters. The number of rotatable bonds is 6. The first-order valence-electron chi connectivity index (χ1n) is 6.55. The van der Waals surface area contributed by atoms with Gasteiger partial charge in [-0.25, -0.2) is 0 Å². The van der Waals surface area contributed by atoms with E-state index in [1.54, 1.807) is 11.8 Å². The molecule has 1 aromatic carbocycles. The van der Waals surface area contributed by atoms with E-state index in [9.17, 15) is 4.79 Å². The van der Waals surface area contributed by atoms with E-state index in [4.69, 9.17) is 17.3 Å². The molecule has 0 aliphatic rings. The molecule has 3 N–H and O–H groups in total. The van der Waals surface area contributed by atoms with Gasteiger partial charge in [0.05, 0.1) is 15.5 Å². The van der Waals surface area contributed by atoms with Crippen molar-refractivity contribution in [2.45, 2.75) is 24.8 Å². The highest BCUT2D eigenvalue weighted by molar-refractivity contribution is 7.99. The molecule has 21 heavy (non-hydrogen) atoms. The van der Waals surface area contributed by atoms with Crippen molar-refractivity contribution < 1.29 is 4.79 Å². The Kier molecular flexibility index (Phi) is 5.56. The molecule has 0 spiro atoms. The number of anilines is 2. The second kappa shape index (κ2) is 7.20. The molecule has 0 saturated carbocycles. The SMILES string of the molecule is CCC(=O)c1sc(NCc2ccccc2Cl)c(SC)c1N. The van der Waals surface area contributed by atoms with Gasteiger partial charge in [-0.2, -0.15) is 0 Å². The van der Waals surface area contributed by atoms with Crippen molar-refractivity contribution in [3.8, 4) is 0 Å². The summed E-state index contributed by atoms with van der Waals surface area (Å²) in [5, 5.41) is 5.00. The fourth-order valence-electron chi connectivity index (χ4n) is 1.93. The van der Waals surface area contributed by atoms with Crippen molar-refractivity contribution in [2.24, 2.45) is 0 Å². The number of hydrogen-bond acceptors (Lipinski definition) is 5. The normalized spacial score (nSPS) is 10.6. The highest BCUT2D eigenvalue weighted by atomic mass is 35.5. The van der Waals surface area contributed by atoms with E-state index < -0.39 is 0 Å². The van der Waals surface area contributed by atoms with Crippen molar-refractivity contribution in [3.05, 3.63) is 39.7 Å². The molecule has 0 bridgehead atoms. The molecule has 1 aromatic heterocycles. The second-order valence-corrected chi connectivity index (χ2v) is 6.67. The zero-order chi connectivity index (χ0) is 15.4. The number of thioether (sulfide) groups is 1. The number of hydrogen-bond donors (Lipinski definition) is 2. The molecular formula is C15H17ClN2OS2. The average Bonchev–Trinajstić information content (AvgIpc) is 2.81. The lowest BCUT2D eigenvalue weighted by Crippen LogP contribution is -1.99. The largest absolute Gasteiger partial charge is 0.396 e. The van der Waals surface area contributed by atoms with Crippen LogP contribution in [0.4, 0.5) is 10.7 Å². The van der Waals surface area contributed by atoms with Gasteiger partial charge in [-0.1, -0.05) is 36.7 Å². The molecule has 0 aliphatic heterocycles. The molecule has 3 nitrogen and oxygen atoms in total. The van der Waals surface area contributed by atoms with Crippen molar-refractivity contribution in [1.82, 2.24) is 0 Å². The number of nitrogen functional groups attached to an aromatic ring is 1. The summed E-state index contributed by atoms with van der Waals surface area (Å²) in [6.45, 7) is 2.45. The number of benzene rings is 1. The summed E-state index contributed by atoms with van der Waals surface area (Å²) in [6.07, 6.45) is 2.42. The zero-order valence-electron chi connectivity index (χ0n) is 11.9. The first-order valence-corrected chi connectivity index (χ1v) is 8.97. The summed E-state index contributed by atoms with van der Waals surface area (Å²) in [5.74, 6) is 0.0820. The molecule has 0 atom stereocenters. The smallest absolute Gasteiger partial charge is 0.174 e. The number of Topliss-reactive ketones (excluding diaryl/α,β-unsaturated/α-hetero) is 1. The number of halogens is 1. The summed E-state index contributed by atoms with van der Waals surface area (Å²) >= 11 is 9.12. The third-order valence-corrected chi connectivity index (χ3v) is 5.61. The second-order valence-electron chi connectivity index (χ2n) is 4.43. The van der Waals surface area contributed by atoms with Crippen LogP contribution in [0.1, 0.15) is 28.6 Å². The topological polar surface area (TPSA) is 55.1 Å². The van der Waals surface area contributed by atoms with Crippen LogP contribution in [-0.2, 0) is 6.54 Å². The molecule has 0 radical (unpaired) electrons. The van der Waals surface area contributed by atoms with Crippen LogP contribution < -0.4 is 11.1 Å². The fraction of sp³-hybridized carbons (Fsp3) is 0.267. The summed E-state index contributed by atoms with van der Waals surface area (Å²) in [5.41, 5.74) is 7.69. The minimum absolute atomic E-state index is 0.0820. The third kappa shape index (κ3) is 3.54. The van der Waals surface area contributed by atoms with Gasteiger partial charge in [0.2, 0.25) is 0 Å². The first-order chi connectivity index (χ1) is 10.1.